The molecular weight excluding hydrogens is 385 g/mol. The third kappa shape index (κ3) is 4.10. The zero-order chi connectivity index (χ0) is 21.8. The van der Waals surface area contributed by atoms with Crippen molar-refractivity contribution in [3.63, 3.8) is 0 Å². The number of hydrogen-bond donors (Lipinski definition) is 0. The molecule has 7 heteroatoms. The van der Waals surface area contributed by atoms with Crippen molar-refractivity contribution in [1.29, 1.82) is 0 Å². The summed E-state index contributed by atoms with van der Waals surface area (Å²) in [6.07, 6.45) is 1.70. The lowest BCUT2D eigenvalue weighted by atomic mass is 10.1. The second kappa shape index (κ2) is 9.15. The van der Waals surface area contributed by atoms with Gasteiger partial charge in [0.1, 0.15) is 11.5 Å². The van der Waals surface area contributed by atoms with Crippen molar-refractivity contribution in [1.82, 2.24) is 9.47 Å². The Hall–Kier alpha value is -3.09. The van der Waals surface area contributed by atoms with Crippen LogP contribution in [0.25, 0.3) is 0 Å². The van der Waals surface area contributed by atoms with E-state index < -0.39 is 5.97 Å². The molecule has 0 radical (unpaired) electrons. The van der Waals surface area contributed by atoms with Gasteiger partial charge in [-0.3, -0.25) is 4.79 Å². The molecule has 1 aromatic heterocycles. The summed E-state index contributed by atoms with van der Waals surface area (Å²) in [6, 6.07) is 6.39. The van der Waals surface area contributed by atoms with Crippen LogP contribution < -0.4 is 4.90 Å². The number of carbonyl (C=O) groups is 2. The normalized spacial score (nSPS) is 14.0. The van der Waals surface area contributed by atoms with E-state index in [1.165, 1.54) is 12.1 Å². The quantitative estimate of drug-likeness (QED) is 0.537. The van der Waals surface area contributed by atoms with Crippen molar-refractivity contribution >= 4 is 17.6 Å². The number of benzene rings is 1. The van der Waals surface area contributed by atoms with Crippen molar-refractivity contribution < 1.29 is 18.7 Å². The Balaban J connectivity index is 1.81. The average Bonchev–Trinajstić information content (AvgIpc) is 2.98. The van der Waals surface area contributed by atoms with Crippen molar-refractivity contribution in [2.24, 2.45) is 0 Å². The van der Waals surface area contributed by atoms with Crippen molar-refractivity contribution in [2.45, 2.75) is 27.3 Å². The third-order valence-electron chi connectivity index (χ3n) is 5.52. The zero-order valence-corrected chi connectivity index (χ0v) is 17.8. The molecule has 0 atom stereocenters. The number of aromatic nitrogens is 1. The number of piperazine rings is 1. The van der Waals surface area contributed by atoms with Crippen LogP contribution in [0.15, 0.2) is 36.9 Å². The van der Waals surface area contributed by atoms with Gasteiger partial charge in [0.05, 0.1) is 12.2 Å². The number of allylic oxidation sites excluding steroid dienone is 1. The first kappa shape index (κ1) is 21.6. The first-order valence-electron chi connectivity index (χ1n) is 10.2. The maximum atomic E-state index is 13.3. The highest BCUT2D eigenvalue weighted by Crippen LogP contribution is 2.26. The minimum Gasteiger partial charge on any atom is -0.461 e. The van der Waals surface area contributed by atoms with Crippen LogP contribution in [-0.4, -0.2) is 54.1 Å². The molecule has 0 aliphatic carbocycles. The van der Waals surface area contributed by atoms with Gasteiger partial charge in [-0.15, -0.1) is 6.58 Å². The molecule has 2 heterocycles. The number of carbonyl (C=O) groups excluding carboxylic acids is 2. The highest BCUT2D eigenvalue weighted by atomic mass is 19.1. The maximum absolute atomic E-state index is 13.3. The van der Waals surface area contributed by atoms with Gasteiger partial charge < -0.3 is 19.1 Å². The standard InChI is InChI=1S/C23H28FN3O3/c1-5-11-27-17(4)20(16(3)21(27)23(29)30-6-2)22(28)26-14-12-25(13-15-26)19-9-7-18(24)8-10-19/h5,7-10H,1,6,11-15H2,2-4H3. The summed E-state index contributed by atoms with van der Waals surface area (Å²) in [6.45, 7) is 12.3. The number of halogens is 1. The summed E-state index contributed by atoms with van der Waals surface area (Å²) in [4.78, 5) is 29.8. The molecule has 0 saturated carbocycles. The fourth-order valence-electron chi connectivity index (χ4n) is 4.01. The summed E-state index contributed by atoms with van der Waals surface area (Å²) in [5.74, 6) is -0.780. The molecule has 3 rings (SSSR count). The molecule has 2 aromatic rings. The van der Waals surface area contributed by atoms with Gasteiger partial charge >= 0.3 is 5.97 Å². The summed E-state index contributed by atoms with van der Waals surface area (Å²) in [5.41, 5.74) is 3.27. The molecule has 160 valence electrons. The van der Waals surface area contributed by atoms with E-state index in [4.69, 9.17) is 4.74 Å². The molecule has 0 bridgehead atoms. The van der Waals surface area contributed by atoms with Crippen LogP contribution in [0, 0.1) is 19.7 Å². The van der Waals surface area contributed by atoms with Gasteiger partial charge in [-0.2, -0.15) is 0 Å². The second-order valence-corrected chi connectivity index (χ2v) is 7.31. The Labute approximate surface area is 176 Å². The molecule has 1 aliphatic rings. The number of anilines is 1. The highest BCUT2D eigenvalue weighted by Gasteiger charge is 2.30. The Kier molecular flexibility index (Phi) is 6.59. The van der Waals surface area contributed by atoms with E-state index in [2.05, 4.69) is 11.5 Å². The number of rotatable bonds is 6. The number of esters is 1. The molecule has 1 fully saturated rings. The van der Waals surface area contributed by atoms with Gasteiger partial charge in [0.2, 0.25) is 0 Å². The molecular formula is C23H28FN3O3. The molecule has 0 spiro atoms. The summed E-state index contributed by atoms with van der Waals surface area (Å²) in [5, 5.41) is 0. The van der Waals surface area contributed by atoms with E-state index >= 15 is 0 Å². The Bertz CT molecular complexity index is 942. The van der Waals surface area contributed by atoms with Gasteiger partial charge in [-0.1, -0.05) is 6.08 Å². The minimum atomic E-state index is -0.430. The Morgan fingerprint density at radius 2 is 1.77 bits per heavy atom. The number of amides is 1. The second-order valence-electron chi connectivity index (χ2n) is 7.31. The molecule has 30 heavy (non-hydrogen) atoms. The average molecular weight is 413 g/mol. The van der Waals surface area contributed by atoms with E-state index in [1.807, 2.05) is 11.8 Å². The fourth-order valence-corrected chi connectivity index (χ4v) is 4.01. The fraction of sp³-hybridized carbons (Fsp3) is 0.391. The largest absolute Gasteiger partial charge is 0.461 e. The van der Waals surface area contributed by atoms with E-state index in [9.17, 15) is 14.0 Å². The molecule has 1 aromatic carbocycles. The SMILES string of the molecule is C=CCn1c(C)c(C(=O)N2CCN(c3ccc(F)cc3)CC2)c(C)c1C(=O)OCC. The van der Waals surface area contributed by atoms with Crippen LogP contribution in [0.5, 0.6) is 0 Å². The van der Waals surface area contributed by atoms with Gasteiger partial charge in [-0.25, -0.2) is 9.18 Å². The Morgan fingerprint density at radius 1 is 1.13 bits per heavy atom. The van der Waals surface area contributed by atoms with Crippen LogP contribution in [0.1, 0.15) is 39.0 Å². The van der Waals surface area contributed by atoms with Gasteiger partial charge in [0.25, 0.3) is 5.91 Å². The third-order valence-corrected chi connectivity index (χ3v) is 5.52. The van der Waals surface area contributed by atoms with Gasteiger partial charge in [-0.05, 0) is 50.6 Å². The lowest BCUT2D eigenvalue weighted by Gasteiger charge is -2.36. The van der Waals surface area contributed by atoms with Crippen LogP contribution in [0.3, 0.4) is 0 Å². The lowest BCUT2D eigenvalue weighted by Crippen LogP contribution is -2.49. The molecule has 0 unspecified atom stereocenters. The van der Waals surface area contributed by atoms with Crippen LogP contribution in [0.2, 0.25) is 0 Å². The van der Waals surface area contributed by atoms with Gasteiger partial charge in [0, 0.05) is 44.1 Å². The van der Waals surface area contributed by atoms with E-state index in [-0.39, 0.29) is 18.3 Å². The van der Waals surface area contributed by atoms with Gasteiger partial charge in [0.15, 0.2) is 0 Å². The summed E-state index contributed by atoms with van der Waals surface area (Å²) in [7, 11) is 0. The number of hydrogen-bond acceptors (Lipinski definition) is 4. The predicted molar refractivity (Wildman–Crippen MR) is 115 cm³/mol. The van der Waals surface area contributed by atoms with Crippen molar-refractivity contribution in [3.8, 4) is 0 Å². The van der Waals surface area contributed by atoms with Crippen LogP contribution in [-0.2, 0) is 11.3 Å². The maximum Gasteiger partial charge on any atom is 0.355 e. The topological polar surface area (TPSA) is 54.8 Å². The summed E-state index contributed by atoms with van der Waals surface area (Å²) < 4.78 is 20.2. The molecule has 6 nitrogen and oxygen atoms in total. The predicted octanol–water partition coefficient (Wildman–Crippen LogP) is 3.57. The first-order valence-corrected chi connectivity index (χ1v) is 10.2. The zero-order valence-electron chi connectivity index (χ0n) is 17.8. The Morgan fingerprint density at radius 3 is 2.33 bits per heavy atom. The lowest BCUT2D eigenvalue weighted by molar-refractivity contribution is 0.0513. The highest BCUT2D eigenvalue weighted by molar-refractivity contribution is 6.01. The monoisotopic (exact) mass is 413 g/mol. The van der Waals surface area contributed by atoms with Crippen molar-refractivity contribution in [2.75, 3.05) is 37.7 Å². The van der Waals surface area contributed by atoms with E-state index in [0.29, 0.717) is 49.5 Å². The smallest absolute Gasteiger partial charge is 0.355 e. The molecule has 1 aliphatic heterocycles. The van der Waals surface area contributed by atoms with E-state index in [0.717, 1.165) is 11.4 Å². The summed E-state index contributed by atoms with van der Waals surface area (Å²) >= 11 is 0. The van der Waals surface area contributed by atoms with Crippen LogP contribution >= 0.6 is 0 Å². The number of nitrogens with zero attached hydrogens (tertiary/aromatic N) is 3. The molecule has 1 amide bonds. The molecule has 0 N–H and O–H groups in total. The van der Waals surface area contributed by atoms with Crippen molar-refractivity contribution in [3.05, 3.63) is 65.3 Å². The molecule has 1 saturated heterocycles. The minimum absolute atomic E-state index is 0.0860. The number of ether oxygens (including phenoxy) is 1. The van der Waals surface area contributed by atoms with Crippen LogP contribution in [0.4, 0.5) is 10.1 Å². The van der Waals surface area contributed by atoms with E-state index in [1.54, 1.807) is 36.6 Å². The first-order chi connectivity index (χ1) is 14.4.